The maximum absolute atomic E-state index is 11.6. The summed E-state index contributed by atoms with van der Waals surface area (Å²) in [5.74, 6) is 0.852. The quantitative estimate of drug-likeness (QED) is 0.484. The molecule has 1 saturated carbocycles. The highest BCUT2D eigenvalue weighted by Crippen LogP contribution is 2.43. The zero-order valence-corrected chi connectivity index (χ0v) is 19.3. The third-order valence-electron chi connectivity index (χ3n) is 7.02. The van der Waals surface area contributed by atoms with Crippen LogP contribution in [0, 0.1) is 18.8 Å². The lowest BCUT2D eigenvalue weighted by molar-refractivity contribution is -0.136. The fourth-order valence-corrected chi connectivity index (χ4v) is 6.73. The monoisotopic (exact) mass is 454 g/mol. The third-order valence-corrected chi connectivity index (χ3v) is 8.42. The number of rotatable bonds is 4. The number of halogens is 1. The molecule has 1 saturated heterocycles. The Bertz CT molecular complexity index is 1120. The molecule has 1 unspecified atom stereocenters. The van der Waals surface area contributed by atoms with Crippen LogP contribution in [0.25, 0.3) is 21.3 Å². The molecule has 4 nitrogen and oxygen atoms in total. The molecule has 0 spiro atoms. The topological polar surface area (TPSA) is 53.4 Å². The molecule has 2 aromatic carbocycles. The van der Waals surface area contributed by atoms with Crippen LogP contribution in [0.1, 0.15) is 43.2 Å². The fraction of sp³-hybridized carbons (Fsp3) is 0.440. The minimum absolute atomic E-state index is 0.000431. The summed E-state index contributed by atoms with van der Waals surface area (Å²) in [6, 6.07) is 9.75. The Morgan fingerprint density at radius 3 is 2.68 bits per heavy atom. The molecule has 1 aliphatic heterocycles. The number of anilines is 1. The maximum atomic E-state index is 11.6. The minimum atomic E-state index is -0.818. The van der Waals surface area contributed by atoms with Gasteiger partial charge < -0.3 is 10.0 Å². The molecule has 0 radical (unpaired) electrons. The van der Waals surface area contributed by atoms with Crippen molar-refractivity contribution >= 4 is 44.3 Å². The highest BCUT2D eigenvalue weighted by molar-refractivity contribution is 7.22. The van der Waals surface area contributed by atoms with Crippen molar-refractivity contribution in [3.8, 4) is 11.1 Å². The molecule has 2 aliphatic rings. The van der Waals surface area contributed by atoms with E-state index in [-0.39, 0.29) is 6.42 Å². The lowest BCUT2D eigenvalue weighted by atomic mass is 9.75. The number of hydrogen-bond donors (Lipinski definition) is 1. The van der Waals surface area contributed by atoms with Crippen LogP contribution in [0.4, 0.5) is 5.13 Å². The summed E-state index contributed by atoms with van der Waals surface area (Å²) in [7, 11) is 0. The summed E-state index contributed by atoms with van der Waals surface area (Å²) in [6.07, 6.45) is 6.72. The van der Waals surface area contributed by atoms with Crippen molar-refractivity contribution in [3.05, 3.63) is 46.5 Å². The SMILES string of the molecule is Cc1cc2nc(N3CCC4CCCC[C@@H]4C3)sc2c(-c2ccc(Cl)cc2)c1CC(=O)O. The van der Waals surface area contributed by atoms with Crippen LogP contribution in [-0.2, 0) is 11.2 Å². The number of carboxylic acid groups (broad SMARTS) is 1. The van der Waals surface area contributed by atoms with Crippen molar-refractivity contribution in [3.63, 3.8) is 0 Å². The van der Waals surface area contributed by atoms with Gasteiger partial charge in [-0.1, -0.05) is 54.3 Å². The Morgan fingerprint density at radius 2 is 1.94 bits per heavy atom. The summed E-state index contributed by atoms with van der Waals surface area (Å²) in [4.78, 5) is 19.1. The van der Waals surface area contributed by atoms with Gasteiger partial charge in [-0.3, -0.25) is 4.79 Å². The van der Waals surface area contributed by atoms with Gasteiger partial charge in [0.1, 0.15) is 0 Å². The summed E-state index contributed by atoms with van der Waals surface area (Å²) < 4.78 is 1.07. The second kappa shape index (κ2) is 8.44. The second-order valence-corrected chi connectivity index (χ2v) is 10.4. The first-order valence-corrected chi connectivity index (χ1v) is 12.3. The lowest BCUT2D eigenvalue weighted by Gasteiger charge is -2.41. The molecule has 0 bridgehead atoms. The van der Waals surface area contributed by atoms with E-state index in [1.807, 2.05) is 31.2 Å². The molecule has 2 fully saturated rings. The Kier molecular flexibility index (Phi) is 5.65. The van der Waals surface area contributed by atoms with E-state index in [2.05, 4.69) is 11.0 Å². The van der Waals surface area contributed by atoms with Gasteiger partial charge in [0, 0.05) is 23.7 Å². The molecule has 2 atom stereocenters. The summed E-state index contributed by atoms with van der Waals surface area (Å²) >= 11 is 7.83. The van der Waals surface area contributed by atoms with Crippen molar-refractivity contribution in [2.24, 2.45) is 11.8 Å². The third kappa shape index (κ3) is 4.06. The number of aliphatic carboxylic acids is 1. The number of carboxylic acids is 1. The van der Waals surface area contributed by atoms with Crippen molar-refractivity contribution in [2.75, 3.05) is 18.0 Å². The van der Waals surface area contributed by atoms with Crippen molar-refractivity contribution in [1.29, 1.82) is 0 Å². The van der Waals surface area contributed by atoms with Gasteiger partial charge in [0.2, 0.25) is 0 Å². The van der Waals surface area contributed by atoms with Crippen molar-refractivity contribution < 1.29 is 9.90 Å². The molecule has 2 heterocycles. The van der Waals surface area contributed by atoms with Crippen LogP contribution < -0.4 is 4.90 Å². The van der Waals surface area contributed by atoms with E-state index in [9.17, 15) is 9.90 Å². The fourth-order valence-electron chi connectivity index (χ4n) is 5.43. The Morgan fingerprint density at radius 1 is 1.19 bits per heavy atom. The van der Waals surface area contributed by atoms with E-state index in [4.69, 9.17) is 16.6 Å². The van der Waals surface area contributed by atoms with Crippen LogP contribution >= 0.6 is 22.9 Å². The summed E-state index contributed by atoms with van der Waals surface area (Å²) in [5, 5.41) is 11.3. The van der Waals surface area contributed by atoms with Gasteiger partial charge in [0.15, 0.2) is 5.13 Å². The van der Waals surface area contributed by atoms with E-state index in [0.29, 0.717) is 5.02 Å². The summed E-state index contributed by atoms with van der Waals surface area (Å²) in [5.41, 5.74) is 4.79. The molecule has 1 aromatic heterocycles. The molecular weight excluding hydrogens is 428 g/mol. The van der Waals surface area contributed by atoms with Crippen LogP contribution in [0.2, 0.25) is 5.02 Å². The number of nitrogens with zero attached hydrogens (tertiary/aromatic N) is 2. The van der Waals surface area contributed by atoms with Gasteiger partial charge in [-0.15, -0.1) is 0 Å². The average molecular weight is 455 g/mol. The van der Waals surface area contributed by atoms with Gasteiger partial charge in [0.25, 0.3) is 0 Å². The Labute approximate surface area is 191 Å². The number of aryl methyl sites for hydroxylation is 1. The normalized spacial score (nSPS) is 21.3. The predicted molar refractivity (Wildman–Crippen MR) is 128 cm³/mol. The average Bonchev–Trinajstić information content (AvgIpc) is 3.18. The highest BCUT2D eigenvalue weighted by atomic mass is 35.5. The zero-order chi connectivity index (χ0) is 21.5. The Balaban J connectivity index is 1.59. The standard InChI is InChI=1S/C25H27ClN2O2S/c1-15-12-21-24(23(20(15)13-22(29)30)17-6-8-19(26)9-7-17)31-25(27-21)28-11-10-16-4-2-3-5-18(16)14-28/h6-9,12,16,18H,2-5,10-11,13-14H2,1H3,(H,29,30)/t16?,18-/m1/s1. The number of carbonyl (C=O) groups is 1. The number of hydrogen-bond acceptors (Lipinski definition) is 4. The van der Waals surface area contributed by atoms with Gasteiger partial charge in [-0.25, -0.2) is 4.98 Å². The highest BCUT2D eigenvalue weighted by Gasteiger charge is 2.32. The smallest absolute Gasteiger partial charge is 0.307 e. The Hall–Kier alpha value is -2.11. The molecule has 5 rings (SSSR count). The van der Waals surface area contributed by atoms with Gasteiger partial charge in [-0.2, -0.15) is 0 Å². The number of benzene rings is 2. The van der Waals surface area contributed by atoms with Gasteiger partial charge in [0.05, 0.1) is 16.6 Å². The van der Waals surface area contributed by atoms with Crippen molar-refractivity contribution in [2.45, 2.75) is 45.4 Å². The number of fused-ring (bicyclic) bond motifs is 2. The van der Waals surface area contributed by atoms with E-state index in [1.165, 1.54) is 32.1 Å². The molecule has 162 valence electrons. The molecular formula is C25H27ClN2O2S. The molecule has 1 N–H and O–H groups in total. The van der Waals surface area contributed by atoms with Gasteiger partial charge >= 0.3 is 5.97 Å². The summed E-state index contributed by atoms with van der Waals surface area (Å²) in [6.45, 7) is 4.16. The first kappa shape index (κ1) is 20.8. The first-order valence-electron chi connectivity index (χ1n) is 11.2. The largest absolute Gasteiger partial charge is 0.481 e. The van der Waals surface area contributed by atoms with E-state index >= 15 is 0 Å². The minimum Gasteiger partial charge on any atom is -0.481 e. The van der Waals surface area contributed by atoms with E-state index < -0.39 is 5.97 Å². The van der Waals surface area contributed by atoms with E-state index in [1.54, 1.807) is 11.3 Å². The van der Waals surface area contributed by atoms with Crippen molar-refractivity contribution in [1.82, 2.24) is 4.98 Å². The van der Waals surface area contributed by atoms with E-state index in [0.717, 1.165) is 62.5 Å². The molecule has 31 heavy (non-hydrogen) atoms. The van der Waals surface area contributed by atoms with Crippen LogP contribution in [0.5, 0.6) is 0 Å². The number of piperidine rings is 1. The predicted octanol–water partition coefficient (Wildman–Crippen LogP) is 6.57. The molecule has 1 aliphatic carbocycles. The molecule has 0 amide bonds. The molecule has 3 aromatic rings. The first-order chi connectivity index (χ1) is 15.0. The number of thiazole rings is 1. The molecule has 6 heteroatoms. The van der Waals surface area contributed by atoms with Crippen LogP contribution in [-0.4, -0.2) is 29.1 Å². The van der Waals surface area contributed by atoms with Crippen LogP contribution in [0.3, 0.4) is 0 Å². The second-order valence-electron chi connectivity index (χ2n) is 9.01. The van der Waals surface area contributed by atoms with Gasteiger partial charge in [-0.05, 0) is 66.5 Å². The number of aromatic nitrogens is 1. The maximum Gasteiger partial charge on any atom is 0.307 e. The lowest BCUT2D eigenvalue weighted by Crippen LogP contribution is -2.41. The zero-order valence-electron chi connectivity index (χ0n) is 17.7. The van der Waals surface area contributed by atoms with Crippen LogP contribution in [0.15, 0.2) is 30.3 Å².